The third kappa shape index (κ3) is 7.80. The highest BCUT2D eigenvalue weighted by Gasteiger charge is 2.50. The van der Waals surface area contributed by atoms with Crippen molar-refractivity contribution in [2.45, 2.75) is 102 Å². The summed E-state index contributed by atoms with van der Waals surface area (Å²) in [5.74, 6) is -3.26. The van der Waals surface area contributed by atoms with Crippen molar-refractivity contribution in [3.05, 3.63) is 35.9 Å². The molecule has 39 heavy (non-hydrogen) atoms. The maximum atomic E-state index is 14.0. The molecule has 1 aliphatic heterocycles. The average molecular weight is 543 g/mol. The van der Waals surface area contributed by atoms with Crippen molar-refractivity contribution in [2.24, 2.45) is 11.7 Å². The number of rotatable bonds is 10. The van der Waals surface area contributed by atoms with E-state index < -0.39 is 47.4 Å². The Balaban J connectivity index is 1.88. The Labute approximate surface area is 230 Å². The molecule has 0 bridgehead atoms. The van der Waals surface area contributed by atoms with Crippen LogP contribution in [0.15, 0.2) is 30.3 Å². The molecule has 10 heteroatoms. The smallest absolute Gasteiger partial charge is 0.408 e. The van der Waals surface area contributed by atoms with Crippen LogP contribution in [0.2, 0.25) is 0 Å². The number of carbonyl (C=O) groups is 5. The van der Waals surface area contributed by atoms with Gasteiger partial charge in [0, 0.05) is 12.5 Å². The van der Waals surface area contributed by atoms with Crippen LogP contribution in [-0.2, 0) is 23.9 Å². The fraction of sp³-hybridized carbons (Fsp3) is 0.621. The number of nitrogens with zero attached hydrogens (tertiary/aromatic N) is 1. The van der Waals surface area contributed by atoms with Crippen molar-refractivity contribution in [2.75, 3.05) is 6.54 Å². The lowest BCUT2D eigenvalue weighted by molar-refractivity contribution is -0.153. The number of benzene rings is 1. The van der Waals surface area contributed by atoms with Crippen LogP contribution in [0, 0.1) is 5.92 Å². The molecule has 0 aromatic heterocycles. The van der Waals surface area contributed by atoms with Crippen molar-refractivity contribution in [1.29, 1.82) is 0 Å². The van der Waals surface area contributed by atoms with Crippen molar-refractivity contribution in [1.82, 2.24) is 15.5 Å². The van der Waals surface area contributed by atoms with Crippen LogP contribution in [-0.4, -0.2) is 64.8 Å². The Bertz CT molecular complexity index is 1050. The van der Waals surface area contributed by atoms with Gasteiger partial charge in [0.05, 0.1) is 6.04 Å². The Morgan fingerprint density at radius 3 is 2.23 bits per heavy atom. The summed E-state index contributed by atoms with van der Waals surface area (Å²) in [6.45, 7) is 7.37. The van der Waals surface area contributed by atoms with Crippen molar-refractivity contribution < 1.29 is 28.7 Å². The topological polar surface area (TPSA) is 148 Å². The van der Waals surface area contributed by atoms with Gasteiger partial charge in [-0.1, -0.05) is 62.9 Å². The summed E-state index contributed by atoms with van der Waals surface area (Å²) in [5, 5.41) is 5.48. The molecule has 4 atom stereocenters. The lowest BCUT2D eigenvalue weighted by Gasteiger charge is -2.49. The SMILES string of the molecule is CCCC(NC(=O)C1C(c2ccccc2)CN1C(=O)C(NC(=O)OC(C)(C)C)C1CCCCC1)C(=O)C(N)=O. The number of Topliss-reactive ketones (excluding diaryl/α,β-unsaturated/α-hetero) is 1. The Morgan fingerprint density at radius 1 is 1.03 bits per heavy atom. The normalized spacial score (nSPS) is 21.2. The number of ether oxygens (including phenoxy) is 1. The van der Waals surface area contributed by atoms with E-state index in [0.29, 0.717) is 6.42 Å². The van der Waals surface area contributed by atoms with Gasteiger partial charge in [0.1, 0.15) is 17.7 Å². The average Bonchev–Trinajstić information content (AvgIpc) is 2.86. The van der Waals surface area contributed by atoms with Crippen molar-refractivity contribution >= 4 is 29.6 Å². The van der Waals surface area contributed by atoms with Crippen molar-refractivity contribution in [3.8, 4) is 0 Å². The highest BCUT2D eigenvalue weighted by Crippen LogP contribution is 2.37. The lowest BCUT2D eigenvalue weighted by Crippen LogP contribution is -2.68. The number of amides is 4. The van der Waals surface area contributed by atoms with Crippen LogP contribution < -0.4 is 16.4 Å². The first-order valence-electron chi connectivity index (χ1n) is 13.9. The van der Waals surface area contributed by atoms with E-state index in [0.717, 1.165) is 37.7 Å². The fourth-order valence-electron chi connectivity index (χ4n) is 5.49. The number of nitrogens with two attached hydrogens (primary N) is 1. The molecule has 4 N–H and O–H groups in total. The molecule has 4 amide bonds. The zero-order chi connectivity index (χ0) is 28.7. The highest BCUT2D eigenvalue weighted by molar-refractivity contribution is 6.37. The monoisotopic (exact) mass is 542 g/mol. The van der Waals surface area contributed by atoms with E-state index in [1.807, 2.05) is 37.3 Å². The molecule has 1 aromatic carbocycles. The number of hydrogen-bond acceptors (Lipinski definition) is 6. The molecule has 10 nitrogen and oxygen atoms in total. The summed E-state index contributed by atoms with van der Waals surface area (Å²) in [6.07, 6.45) is 4.65. The van der Waals surface area contributed by atoms with E-state index in [4.69, 9.17) is 10.5 Å². The Kier molecular flexibility index (Phi) is 10.1. The summed E-state index contributed by atoms with van der Waals surface area (Å²) in [7, 11) is 0. The second-order valence-electron chi connectivity index (χ2n) is 11.6. The predicted molar refractivity (Wildman–Crippen MR) is 145 cm³/mol. The number of alkyl carbamates (subject to hydrolysis) is 1. The number of ketones is 1. The number of likely N-dealkylation sites (tertiary alicyclic amines) is 1. The second-order valence-corrected chi connectivity index (χ2v) is 11.6. The third-order valence-corrected chi connectivity index (χ3v) is 7.40. The maximum absolute atomic E-state index is 14.0. The van der Waals surface area contributed by atoms with E-state index >= 15 is 0 Å². The summed E-state index contributed by atoms with van der Waals surface area (Å²) in [6, 6.07) is 6.55. The number of primary amides is 1. The molecule has 1 aliphatic carbocycles. The summed E-state index contributed by atoms with van der Waals surface area (Å²) >= 11 is 0. The first-order chi connectivity index (χ1) is 18.4. The van der Waals surface area contributed by atoms with Crippen LogP contribution >= 0.6 is 0 Å². The minimum Gasteiger partial charge on any atom is -0.444 e. The molecular formula is C29H42N4O6. The number of hydrogen-bond donors (Lipinski definition) is 3. The van der Waals surface area contributed by atoms with Gasteiger partial charge in [0.2, 0.25) is 17.6 Å². The largest absolute Gasteiger partial charge is 0.444 e. The molecule has 214 valence electrons. The summed E-state index contributed by atoms with van der Waals surface area (Å²) < 4.78 is 5.45. The zero-order valence-electron chi connectivity index (χ0n) is 23.4. The molecule has 1 heterocycles. The molecule has 4 unspecified atom stereocenters. The molecule has 0 spiro atoms. The van der Waals surface area contributed by atoms with Crippen LogP contribution in [0.5, 0.6) is 0 Å². The fourth-order valence-corrected chi connectivity index (χ4v) is 5.49. The van der Waals surface area contributed by atoms with Crippen LogP contribution in [0.1, 0.15) is 84.1 Å². The standard InChI is InChI=1S/C29H42N4O6/c1-5-12-21(24(34)25(30)35)31-26(36)23-20(18-13-8-6-9-14-18)17-33(23)27(37)22(19-15-10-7-11-16-19)32-28(38)39-29(2,3)4/h6,8-9,13-14,19-23H,5,7,10-12,15-17H2,1-4H3,(H2,30,35)(H,31,36)(H,32,38). The molecule has 1 saturated carbocycles. The molecule has 0 radical (unpaired) electrons. The van der Waals surface area contributed by atoms with Gasteiger partial charge >= 0.3 is 6.09 Å². The van der Waals surface area contributed by atoms with Gasteiger partial charge < -0.3 is 26.0 Å². The van der Waals surface area contributed by atoms with E-state index in [2.05, 4.69) is 10.6 Å². The van der Waals surface area contributed by atoms with Gasteiger partial charge in [-0.25, -0.2) is 4.79 Å². The van der Waals surface area contributed by atoms with Gasteiger partial charge in [0.25, 0.3) is 5.91 Å². The van der Waals surface area contributed by atoms with Gasteiger partial charge in [0.15, 0.2) is 0 Å². The first kappa shape index (κ1) is 30.1. The molecule has 2 aliphatic rings. The maximum Gasteiger partial charge on any atom is 0.408 e. The van der Waals surface area contributed by atoms with Crippen LogP contribution in [0.4, 0.5) is 4.79 Å². The van der Waals surface area contributed by atoms with Gasteiger partial charge in [-0.15, -0.1) is 0 Å². The molecule has 2 fully saturated rings. The third-order valence-electron chi connectivity index (χ3n) is 7.40. The minimum absolute atomic E-state index is 0.0810. The molecule has 1 aromatic rings. The van der Waals surface area contributed by atoms with Gasteiger partial charge in [-0.2, -0.15) is 0 Å². The predicted octanol–water partition coefficient (Wildman–Crippen LogP) is 2.79. The van der Waals surface area contributed by atoms with Crippen LogP contribution in [0.25, 0.3) is 0 Å². The number of nitrogens with one attached hydrogen (secondary N) is 2. The second kappa shape index (κ2) is 13.1. The zero-order valence-corrected chi connectivity index (χ0v) is 23.4. The van der Waals surface area contributed by atoms with E-state index in [1.54, 1.807) is 20.8 Å². The van der Waals surface area contributed by atoms with Gasteiger partial charge in [-0.3, -0.25) is 19.2 Å². The Hall–Kier alpha value is -3.43. The molecular weight excluding hydrogens is 500 g/mol. The summed E-state index contributed by atoms with van der Waals surface area (Å²) in [4.78, 5) is 65.8. The molecule has 3 rings (SSSR count). The van der Waals surface area contributed by atoms with E-state index in [1.165, 1.54) is 4.90 Å². The first-order valence-corrected chi connectivity index (χ1v) is 13.9. The van der Waals surface area contributed by atoms with Crippen molar-refractivity contribution in [3.63, 3.8) is 0 Å². The van der Waals surface area contributed by atoms with E-state index in [-0.39, 0.29) is 30.7 Å². The lowest BCUT2D eigenvalue weighted by atomic mass is 9.78. The highest BCUT2D eigenvalue weighted by atomic mass is 16.6. The van der Waals surface area contributed by atoms with E-state index in [9.17, 15) is 24.0 Å². The number of carbonyl (C=O) groups excluding carboxylic acids is 5. The summed E-state index contributed by atoms with van der Waals surface area (Å²) in [5.41, 5.74) is 5.36. The Morgan fingerprint density at radius 2 is 1.67 bits per heavy atom. The van der Waals surface area contributed by atoms with Gasteiger partial charge in [-0.05, 0) is 51.5 Å². The molecule has 1 saturated heterocycles. The quantitative estimate of drug-likeness (QED) is 0.387. The minimum atomic E-state index is -1.12. The van der Waals surface area contributed by atoms with Crippen LogP contribution in [0.3, 0.4) is 0 Å².